The number of rotatable bonds is 10. The molecule has 0 radical (unpaired) electrons. The summed E-state index contributed by atoms with van der Waals surface area (Å²) in [4.78, 5) is 0. The molecule has 6 nitrogen and oxygen atoms in total. The van der Waals surface area contributed by atoms with Gasteiger partial charge in [0.05, 0.1) is 13.2 Å². The fourth-order valence-electron chi connectivity index (χ4n) is 1.71. The molecule has 0 aromatic carbocycles. The van der Waals surface area contributed by atoms with Gasteiger partial charge < -0.3 is 10.1 Å². The SMILES string of the molecule is COCCNCc1nnnn1CCCCC(C)C. The minimum Gasteiger partial charge on any atom is -0.383 e. The van der Waals surface area contributed by atoms with Crippen molar-refractivity contribution in [2.75, 3.05) is 20.3 Å². The van der Waals surface area contributed by atoms with Crippen molar-refractivity contribution in [1.82, 2.24) is 25.5 Å². The molecule has 0 aliphatic heterocycles. The molecule has 0 fully saturated rings. The first-order chi connectivity index (χ1) is 8.74. The van der Waals surface area contributed by atoms with Gasteiger partial charge in [0.15, 0.2) is 5.82 Å². The Bertz CT molecular complexity index is 313. The molecule has 0 amide bonds. The highest BCUT2D eigenvalue weighted by molar-refractivity contribution is 4.79. The minimum absolute atomic E-state index is 0.695. The fourth-order valence-corrected chi connectivity index (χ4v) is 1.71. The highest BCUT2D eigenvalue weighted by atomic mass is 16.5. The number of nitrogens with zero attached hydrogens (tertiary/aromatic N) is 4. The Balaban J connectivity index is 2.22. The number of ether oxygens (including phenoxy) is 1. The van der Waals surface area contributed by atoms with Crippen molar-refractivity contribution >= 4 is 0 Å². The maximum atomic E-state index is 4.97. The summed E-state index contributed by atoms with van der Waals surface area (Å²) in [6.07, 6.45) is 3.63. The van der Waals surface area contributed by atoms with Crippen LogP contribution in [-0.2, 0) is 17.8 Å². The topological polar surface area (TPSA) is 64.9 Å². The first kappa shape index (κ1) is 15.0. The largest absolute Gasteiger partial charge is 0.383 e. The lowest BCUT2D eigenvalue weighted by Crippen LogP contribution is -2.21. The quantitative estimate of drug-likeness (QED) is 0.637. The van der Waals surface area contributed by atoms with Gasteiger partial charge in [-0.25, -0.2) is 4.68 Å². The number of unbranched alkanes of at least 4 members (excludes halogenated alkanes) is 1. The summed E-state index contributed by atoms with van der Waals surface area (Å²) in [6, 6.07) is 0. The lowest BCUT2D eigenvalue weighted by Gasteiger charge is -2.07. The second-order valence-electron chi connectivity index (χ2n) is 4.88. The van der Waals surface area contributed by atoms with Crippen LogP contribution in [0.2, 0.25) is 0 Å². The highest BCUT2D eigenvalue weighted by Crippen LogP contribution is 2.07. The van der Waals surface area contributed by atoms with Gasteiger partial charge in [-0.1, -0.05) is 26.7 Å². The van der Waals surface area contributed by atoms with E-state index in [4.69, 9.17) is 4.74 Å². The van der Waals surface area contributed by atoms with E-state index in [1.54, 1.807) is 7.11 Å². The molecule has 1 N–H and O–H groups in total. The molecule has 1 aromatic heterocycles. The zero-order chi connectivity index (χ0) is 13.2. The second kappa shape index (κ2) is 8.99. The molecule has 0 spiro atoms. The number of hydrogen-bond donors (Lipinski definition) is 1. The monoisotopic (exact) mass is 255 g/mol. The van der Waals surface area contributed by atoms with Crippen LogP contribution in [0.25, 0.3) is 0 Å². The fraction of sp³-hybridized carbons (Fsp3) is 0.917. The van der Waals surface area contributed by atoms with E-state index in [1.807, 2.05) is 4.68 Å². The Morgan fingerprint density at radius 2 is 2.17 bits per heavy atom. The molecule has 1 rings (SSSR count). The summed E-state index contributed by atoms with van der Waals surface area (Å²) in [5.41, 5.74) is 0. The lowest BCUT2D eigenvalue weighted by molar-refractivity contribution is 0.198. The third kappa shape index (κ3) is 6.07. The predicted molar refractivity (Wildman–Crippen MR) is 70.1 cm³/mol. The number of methoxy groups -OCH3 is 1. The number of aromatic nitrogens is 4. The van der Waals surface area contributed by atoms with E-state index in [1.165, 1.54) is 12.8 Å². The van der Waals surface area contributed by atoms with E-state index in [0.717, 1.165) is 31.3 Å². The zero-order valence-electron chi connectivity index (χ0n) is 11.7. The van der Waals surface area contributed by atoms with Gasteiger partial charge in [-0.05, 0) is 22.8 Å². The van der Waals surface area contributed by atoms with Crippen molar-refractivity contribution in [3.63, 3.8) is 0 Å². The van der Waals surface area contributed by atoms with E-state index in [9.17, 15) is 0 Å². The van der Waals surface area contributed by atoms with Crippen LogP contribution in [0.5, 0.6) is 0 Å². The van der Waals surface area contributed by atoms with Crippen LogP contribution < -0.4 is 5.32 Å². The van der Waals surface area contributed by atoms with Gasteiger partial charge in [-0.3, -0.25) is 0 Å². The van der Waals surface area contributed by atoms with Crippen molar-refractivity contribution in [1.29, 1.82) is 0 Å². The molecule has 0 aliphatic carbocycles. The molecule has 6 heteroatoms. The Labute approximate surface area is 109 Å². The molecule has 0 saturated heterocycles. The standard InChI is InChI=1S/C12H25N5O/c1-11(2)6-4-5-8-17-12(14-15-16-17)10-13-7-9-18-3/h11,13H,4-10H2,1-3H3. The Morgan fingerprint density at radius 1 is 1.33 bits per heavy atom. The third-order valence-electron chi connectivity index (χ3n) is 2.77. The molecule has 0 saturated carbocycles. The molecule has 0 unspecified atom stereocenters. The van der Waals surface area contributed by atoms with Crippen molar-refractivity contribution in [3.05, 3.63) is 5.82 Å². The Kier molecular flexibility index (Phi) is 7.52. The maximum absolute atomic E-state index is 4.97. The smallest absolute Gasteiger partial charge is 0.165 e. The second-order valence-corrected chi connectivity index (χ2v) is 4.88. The molecule has 18 heavy (non-hydrogen) atoms. The maximum Gasteiger partial charge on any atom is 0.165 e. The van der Waals surface area contributed by atoms with Crippen molar-refractivity contribution in [2.24, 2.45) is 5.92 Å². The van der Waals surface area contributed by atoms with Crippen LogP contribution in [0, 0.1) is 5.92 Å². The van der Waals surface area contributed by atoms with Crippen molar-refractivity contribution < 1.29 is 4.74 Å². The van der Waals surface area contributed by atoms with Gasteiger partial charge in [0.2, 0.25) is 0 Å². The normalized spacial score (nSPS) is 11.3. The van der Waals surface area contributed by atoms with E-state index in [0.29, 0.717) is 13.2 Å². The van der Waals surface area contributed by atoms with Gasteiger partial charge in [-0.2, -0.15) is 0 Å². The average molecular weight is 255 g/mol. The molecule has 1 heterocycles. The summed E-state index contributed by atoms with van der Waals surface area (Å²) in [5.74, 6) is 1.67. The number of aryl methyl sites for hydroxylation is 1. The van der Waals surface area contributed by atoms with Crippen LogP contribution in [0.15, 0.2) is 0 Å². The van der Waals surface area contributed by atoms with E-state index in [2.05, 4.69) is 34.7 Å². The minimum atomic E-state index is 0.695. The van der Waals surface area contributed by atoms with Crippen LogP contribution in [0.3, 0.4) is 0 Å². The van der Waals surface area contributed by atoms with Crippen LogP contribution in [0.1, 0.15) is 38.9 Å². The predicted octanol–water partition coefficient (Wildman–Crippen LogP) is 1.24. The number of hydrogen-bond acceptors (Lipinski definition) is 5. The highest BCUT2D eigenvalue weighted by Gasteiger charge is 2.05. The third-order valence-corrected chi connectivity index (χ3v) is 2.77. The van der Waals surface area contributed by atoms with E-state index in [-0.39, 0.29) is 0 Å². The molecule has 104 valence electrons. The molecule has 0 aliphatic rings. The first-order valence-corrected chi connectivity index (χ1v) is 6.68. The molecular formula is C12H25N5O. The van der Waals surface area contributed by atoms with Gasteiger partial charge in [0.25, 0.3) is 0 Å². The van der Waals surface area contributed by atoms with Gasteiger partial charge >= 0.3 is 0 Å². The van der Waals surface area contributed by atoms with E-state index >= 15 is 0 Å². The van der Waals surface area contributed by atoms with Gasteiger partial charge in [0, 0.05) is 20.2 Å². The van der Waals surface area contributed by atoms with Crippen LogP contribution in [0.4, 0.5) is 0 Å². The van der Waals surface area contributed by atoms with Crippen molar-refractivity contribution in [3.8, 4) is 0 Å². The molecule has 0 bridgehead atoms. The summed E-state index contributed by atoms with van der Waals surface area (Å²) >= 11 is 0. The van der Waals surface area contributed by atoms with E-state index < -0.39 is 0 Å². The van der Waals surface area contributed by atoms with Gasteiger partial charge in [0.1, 0.15) is 0 Å². The van der Waals surface area contributed by atoms with Gasteiger partial charge in [-0.15, -0.1) is 5.10 Å². The number of nitrogens with one attached hydrogen (secondary N) is 1. The molecule has 0 atom stereocenters. The first-order valence-electron chi connectivity index (χ1n) is 6.68. The Hall–Kier alpha value is -1.01. The summed E-state index contributed by atoms with van der Waals surface area (Å²) in [5, 5.41) is 15.0. The zero-order valence-corrected chi connectivity index (χ0v) is 11.7. The number of tetrazole rings is 1. The Morgan fingerprint density at radius 3 is 2.89 bits per heavy atom. The van der Waals surface area contributed by atoms with Crippen molar-refractivity contribution in [2.45, 2.75) is 46.2 Å². The molecular weight excluding hydrogens is 230 g/mol. The van der Waals surface area contributed by atoms with Crippen LogP contribution in [-0.4, -0.2) is 40.5 Å². The molecule has 1 aromatic rings. The summed E-state index contributed by atoms with van der Waals surface area (Å²) < 4.78 is 6.86. The summed E-state index contributed by atoms with van der Waals surface area (Å²) in [6.45, 7) is 7.62. The average Bonchev–Trinajstić information content (AvgIpc) is 2.78. The summed E-state index contributed by atoms with van der Waals surface area (Å²) in [7, 11) is 1.69. The van der Waals surface area contributed by atoms with Crippen LogP contribution >= 0.6 is 0 Å². The lowest BCUT2D eigenvalue weighted by atomic mass is 10.1.